The summed E-state index contributed by atoms with van der Waals surface area (Å²) in [6.07, 6.45) is 9.50. The highest BCUT2D eigenvalue weighted by molar-refractivity contribution is 5.32. The summed E-state index contributed by atoms with van der Waals surface area (Å²) in [4.78, 5) is 4.15. The molecule has 1 saturated carbocycles. The number of rotatable bonds is 7. The van der Waals surface area contributed by atoms with E-state index in [4.69, 9.17) is 9.47 Å². The average Bonchev–Trinajstić information content (AvgIpc) is 3.22. The van der Waals surface area contributed by atoms with Crippen molar-refractivity contribution in [3.8, 4) is 11.5 Å². The van der Waals surface area contributed by atoms with Gasteiger partial charge in [-0.3, -0.25) is 0 Å². The van der Waals surface area contributed by atoms with Crippen LogP contribution < -0.4 is 14.8 Å². The number of nitrogens with one attached hydrogen (secondary N) is 1. The summed E-state index contributed by atoms with van der Waals surface area (Å²) in [6.45, 7) is 1.49. The summed E-state index contributed by atoms with van der Waals surface area (Å²) >= 11 is 0. The highest BCUT2D eigenvalue weighted by Crippen LogP contribution is 2.29. The fourth-order valence-electron chi connectivity index (χ4n) is 3.11. The van der Waals surface area contributed by atoms with E-state index in [0.29, 0.717) is 18.7 Å². The second kappa shape index (κ2) is 7.31. The molecule has 118 valence electrons. The van der Waals surface area contributed by atoms with Gasteiger partial charge in [0.25, 0.3) is 0 Å². The Morgan fingerprint density at radius 2 is 2.23 bits per heavy atom. The molecule has 2 atom stereocenters. The average molecular weight is 301 g/mol. The molecule has 1 N–H and O–H groups in total. The molecule has 0 saturated heterocycles. The maximum Gasteiger partial charge on any atom is 0.123 e. The first-order valence-corrected chi connectivity index (χ1v) is 7.84. The minimum atomic E-state index is 0.503. The van der Waals surface area contributed by atoms with Crippen LogP contribution in [-0.2, 0) is 0 Å². The van der Waals surface area contributed by atoms with E-state index in [2.05, 4.69) is 21.1 Å². The predicted octanol–water partition coefficient (Wildman–Crippen LogP) is 2.65. The third-order valence-corrected chi connectivity index (χ3v) is 4.21. The molecule has 1 aromatic carbocycles. The Morgan fingerprint density at radius 1 is 1.32 bits per heavy atom. The molecule has 1 fully saturated rings. The van der Waals surface area contributed by atoms with Gasteiger partial charge in [0.05, 0.1) is 13.4 Å². The van der Waals surface area contributed by atoms with E-state index in [-0.39, 0.29) is 0 Å². The molecule has 0 radical (unpaired) electrons. The fraction of sp³-hybridized carbons (Fsp3) is 0.471. The molecule has 0 aliphatic heterocycles. The van der Waals surface area contributed by atoms with Gasteiger partial charge in [-0.1, -0.05) is 6.07 Å². The lowest BCUT2D eigenvalue weighted by Gasteiger charge is -2.22. The molecule has 1 heterocycles. The highest BCUT2D eigenvalue weighted by atomic mass is 16.5. The van der Waals surface area contributed by atoms with Gasteiger partial charge in [0.2, 0.25) is 0 Å². The number of aromatic nitrogens is 2. The summed E-state index contributed by atoms with van der Waals surface area (Å²) in [7, 11) is 1.66. The van der Waals surface area contributed by atoms with Gasteiger partial charge in [-0.05, 0) is 31.4 Å². The fourth-order valence-corrected chi connectivity index (χ4v) is 3.11. The summed E-state index contributed by atoms with van der Waals surface area (Å²) in [5.74, 6) is 1.67. The molecule has 0 bridgehead atoms. The van der Waals surface area contributed by atoms with Gasteiger partial charge in [-0.2, -0.15) is 0 Å². The number of nitrogens with zero attached hydrogens (tertiary/aromatic N) is 2. The van der Waals surface area contributed by atoms with E-state index in [1.165, 1.54) is 19.3 Å². The van der Waals surface area contributed by atoms with Crippen molar-refractivity contribution in [2.45, 2.75) is 31.3 Å². The van der Waals surface area contributed by atoms with E-state index in [0.717, 1.165) is 18.0 Å². The Kier molecular flexibility index (Phi) is 4.96. The van der Waals surface area contributed by atoms with Crippen LogP contribution in [0.5, 0.6) is 11.5 Å². The van der Waals surface area contributed by atoms with Crippen LogP contribution in [0.3, 0.4) is 0 Å². The van der Waals surface area contributed by atoms with Gasteiger partial charge in [0, 0.05) is 37.1 Å². The van der Waals surface area contributed by atoms with Crippen molar-refractivity contribution in [3.63, 3.8) is 0 Å². The molecule has 5 nitrogen and oxygen atoms in total. The van der Waals surface area contributed by atoms with Crippen LogP contribution in [0.1, 0.15) is 25.3 Å². The monoisotopic (exact) mass is 301 g/mol. The lowest BCUT2D eigenvalue weighted by atomic mass is 10.1. The molecule has 1 aliphatic rings. The number of methoxy groups -OCH3 is 1. The van der Waals surface area contributed by atoms with Crippen LogP contribution in [-0.4, -0.2) is 35.9 Å². The van der Waals surface area contributed by atoms with Gasteiger partial charge in [-0.25, -0.2) is 4.98 Å². The zero-order chi connectivity index (χ0) is 15.2. The van der Waals surface area contributed by atoms with Gasteiger partial charge < -0.3 is 19.4 Å². The summed E-state index contributed by atoms with van der Waals surface area (Å²) in [6, 6.07) is 8.73. The van der Waals surface area contributed by atoms with Crippen LogP contribution >= 0.6 is 0 Å². The maximum atomic E-state index is 5.77. The molecule has 0 amide bonds. The lowest BCUT2D eigenvalue weighted by molar-refractivity contribution is 0.291. The lowest BCUT2D eigenvalue weighted by Crippen LogP contribution is -2.36. The van der Waals surface area contributed by atoms with Crippen LogP contribution in [0.25, 0.3) is 0 Å². The number of hydrogen-bond donors (Lipinski definition) is 1. The van der Waals surface area contributed by atoms with Crippen molar-refractivity contribution in [1.82, 2.24) is 14.9 Å². The zero-order valence-corrected chi connectivity index (χ0v) is 12.9. The molecular weight excluding hydrogens is 278 g/mol. The van der Waals surface area contributed by atoms with Gasteiger partial charge >= 0.3 is 0 Å². The normalized spacial score (nSPS) is 21.0. The molecular formula is C17H23N3O2. The van der Waals surface area contributed by atoms with Crippen LogP contribution in [0.2, 0.25) is 0 Å². The van der Waals surface area contributed by atoms with Crippen LogP contribution in [0.4, 0.5) is 0 Å². The standard InChI is InChI=1S/C17H23N3O2/c1-21-14-4-2-5-15(12-14)22-11-9-19-16-6-3-7-17(16)20-10-8-18-13-20/h2,4-5,8,10,12-13,16-17,19H,3,6-7,9,11H2,1H3/t16-,17+/m1/s1. The van der Waals surface area contributed by atoms with Crippen molar-refractivity contribution in [2.24, 2.45) is 0 Å². The Morgan fingerprint density at radius 3 is 3.05 bits per heavy atom. The van der Waals surface area contributed by atoms with Crippen LogP contribution in [0, 0.1) is 0 Å². The Balaban J connectivity index is 1.44. The number of imidazole rings is 1. The molecule has 1 aliphatic carbocycles. The number of ether oxygens (including phenoxy) is 2. The quantitative estimate of drug-likeness (QED) is 0.799. The van der Waals surface area contributed by atoms with Gasteiger partial charge in [-0.15, -0.1) is 0 Å². The zero-order valence-electron chi connectivity index (χ0n) is 12.9. The third kappa shape index (κ3) is 3.60. The van der Waals surface area contributed by atoms with Crippen LogP contribution in [0.15, 0.2) is 43.0 Å². The van der Waals surface area contributed by atoms with Crippen molar-refractivity contribution in [3.05, 3.63) is 43.0 Å². The summed E-state index contributed by atoms with van der Waals surface area (Å²) < 4.78 is 13.2. The highest BCUT2D eigenvalue weighted by Gasteiger charge is 2.27. The van der Waals surface area contributed by atoms with E-state index in [1.54, 1.807) is 7.11 Å². The topological polar surface area (TPSA) is 48.3 Å². The molecule has 0 spiro atoms. The molecule has 1 aromatic heterocycles. The molecule has 22 heavy (non-hydrogen) atoms. The molecule has 5 heteroatoms. The van der Waals surface area contributed by atoms with E-state index < -0.39 is 0 Å². The van der Waals surface area contributed by atoms with Crippen molar-refractivity contribution in [2.75, 3.05) is 20.3 Å². The first-order valence-electron chi connectivity index (χ1n) is 7.84. The largest absolute Gasteiger partial charge is 0.497 e. The molecule has 3 rings (SSSR count). The maximum absolute atomic E-state index is 5.77. The van der Waals surface area contributed by atoms with Gasteiger partial charge in [0.1, 0.15) is 18.1 Å². The Hall–Kier alpha value is -2.01. The molecule has 0 unspecified atom stereocenters. The predicted molar refractivity (Wildman–Crippen MR) is 85.4 cm³/mol. The second-order valence-electron chi connectivity index (χ2n) is 5.60. The summed E-state index contributed by atoms with van der Waals surface area (Å²) in [5.41, 5.74) is 0. The van der Waals surface area contributed by atoms with E-state index in [9.17, 15) is 0 Å². The van der Waals surface area contributed by atoms with E-state index >= 15 is 0 Å². The van der Waals surface area contributed by atoms with Crippen molar-refractivity contribution < 1.29 is 9.47 Å². The van der Waals surface area contributed by atoms with Crippen molar-refractivity contribution in [1.29, 1.82) is 0 Å². The Labute approximate surface area is 131 Å². The minimum absolute atomic E-state index is 0.503. The third-order valence-electron chi connectivity index (χ3n) is 4.21. The summed E-state index contributed by atoms with van der Waals surface area (Å²) in [5, 5.41) is 3.61. The van der Waals surface area contributed by atoms with Crippen molar-refractivity contribution >= 4 is 0 Å². The number of hydrogen-bond acceptors (Lipinski definition) is 4. The smallest absolute Gasteiger partial charge is 0.123 e. The second-order valence-corrected chi connectivity index (χ2v) is 5.60. The van der Waals surface area contributed by atoms with Gasteiger partial charge in [0.15, 0.2) is 0 Å². The minimum Gasteiger partial charge on any atom is -0.497 e. The number of benzene rings is 1. The Bertz CT molecular complexity index is 571. The first kappa shape index (κ1) is 14.9. The SMILES string of the molecule is COc1cccc(OCCN[C@@H]2CCC[C@@H]2n2ccnc2)c1. The molecule has 2 aromatic rings. The van der Waals surface area contributed by atoms with E-state index in [1.807, 2.05) is 36.8 Å². The first-order chi connectivity index (χ1) is 10.9.